The lowest BCUT2D eigenvalue weighted by Gasteiger charge is -2.32. The van der Waals surface area contributed by atoms with Crippen molar-refractivity contribution in [1.82, 2.24) is 4.31 Å². The standard InChI is InChI=1S/C13H19BrClNO3S/c1-9(2)10-3-5-16(6-4-10)20(17,18)12-7-11(8-15)19-13(12)14/h7,9-10H,3-6,8H2,1-2H3. The maximum absolute atomic E-state index is 12.6. The molecule has 1 saturated heterocycles. The summed E-state index contributed by atoms with van der Waals surface area (Å²) in [5.74, 6) is 1.81. The predicted octanol–water partition coefficient (Wildman–Crippen LogP) is 3.84. The highest BCUT2D eigenvalue weighted by atomic mass is 79.9. The average molecular weight is 385 g/mol. The molecule has 0 spiro atoms. The van der Waals surface area contributed by atoms with Crippen LogP contribution < -0.4 is 0 Å². The molecule has 0 aromatic carbocycles. The quantitative estimate of drug-likeness (QED) is 0.741. The summed E-state index contributed by atoms with van der Waals surface area (Å²) in [7, 11) is -3.50. The average Bonchev–Trinajstić information content (AvgIpc) is 2.81. The van der Waals surface area contributed by atoms with Crippen molar-refractivity contribution in [3.63, 3.8) is 0 Å². The second-order valence-electron chi connectivity index (χ2n) is 5.47. The van der Waals surface area contributed by atoms with Gasteiger partial charge in [-0.05, 0) is 40.6 Å². The van der Waals surface area contributed by atoms with Crippen molar-refractivity contribution in [2.45, 2.75) is 37.5 Å². The van der Waals surface area contributed by atoms with Crippen LogP contribution in [0.3, 0.4) is 0 Å². The van der Waals surface area contributed by atoms with E-state index in [0.29, 0.717) is 30.7 Å². The maximum Gasteiger partial charge on any atom is 0.247 e. The smallest absolute Gasteiger partial charge is 0.247 e. The van der Waals surface area contributed by atoms with Crippen LogP contribution in [0.2, 0.25) is 0 Å². The van der Waals surface area contributed by atoms with Gasteiger partial charge in [0.05, 0.1) is 5.88 Å². The second kappa shape index (κ2) is 6.38. The molecule has 0 aliphatic carbocycles. The van der Waals surface area contributed by atoms with Gasteiger partial charge in [0.1, 0.15) is 10.7 Å². The molecule has 20 heavy (non-hydrogen) atoms. The van der Waals surface area contributed by atoms with E-state index in [9.17, 15) is 8.42 Å². The second-order valence-corrected chi connectivity index (χ2v) is 8.36. The third-order valence-electron chi connectivity index (χ3n) is 3.90. The first-order valence-electron chi connectivity index (χ1n) is 6.70. The van der Waals surface area contributed by atoms with Gasteiger partial charge >= 0.3 is 0 Å². The summed E-state index contributed by atoms with van der Waals surface area (Å²) in [5, 5.41) is 0. The van der Waals surface area contributed by atoms with Crippen molar-refractivity contribution in [2.24, 2.45) is 11.8 Å². The van der Waals surface area contributed by atoms with Gasteiger partial charge in [0.25, 0.3) is 0 Å². The Balaban J connectivity index is 2.17. The number of sulfonamides is 1. The van der Waals surface area contributed by atoms with Crippen molar-refractivity contribution in [1.29, 1.82) is 0 Å². The third kappa shape index (κ3) is 3.24. The van der Waals surface area contributed by atoms with E-state index in [2.05, 4.69) is 29.8 Å². The highest BCUT2D eigenvalue weighted by molar-refractivity contribution is 9.10. The van der Waals surface area contributed by atoms with E-state index in [4.69, 9.17) is 16.0 Å². The van der Waals surface area contributed by atoms with E-state index in [1.807, 2.05) is 0 Å². The summed E-state index contributed by atoms with van der Waals surface area (Å²) < 4.78 is 32.3. The first-order valence-corrected chi connectivity index (χ1v) is 9.47. The minimum absolute atomic E-state index is 0.156. The molecule has 4 nitrogen and oxygen atoms in total. The molecule has 1 fully saturated rings. The topological polar surface area (TPSA) is 50.5 Å². The van der Waals surface area contributed by atoms with Crippen molar-refractivity contribution < 1.29 is 12.8 Å². The number of nitrogens with zero attached hydrogens (tertiary/aromatic N) is 1. The highest BCUT2D eigenvalue weighted by Crippen LogP contribution is 2.32. The molecule has 0 radical (unpaired) electrons. The van der Waals surface area contributed by atoms with Crippen LogP contribution in [0.15, 0.2) is 20.0 Å². The Bertz CT molecular complexity index is 562. The lowest BCUT2D eigenvalue weighted by molar-refractivity contribution is 0.226. The van der Waals surface area contributed by atoms with Crippen LogP contribution in [0.1, 0.15) is 32.4 Å². The predicted molar refractivity (Wildman–Crippen MR) is 82.3 cm³/mol. The number of halogens is 2. The molecule has 1 aliphatic heterocycles. The molecule has 1 aromatic rings. The number of hydrogen-bond donors (Lipinski definition) is 0. The van der Waals surface area contributed by atoms with Gasteiger partial charge in [-0.25, -0.2) is 8.42 Å². The van der Waals surface area contributed by atoms with Crippen LogP contribution in [0.4, 0.5) is 0 Å². The molecule has 1 aromatic heterocycles. The van der Waals surface area contributed by atoms with Crippen LogP contribution in [-0.4, -0.2) is 25.8 Å². The molecular formula is C13H19BrClNO3S. The monoisotopic (exact) mass is 383 g/mol. The van der Waals surface area contributed by atoms with Crippen molar-refractivity contribution in [3.8, 4) is 0 Å². The van der Waals surface area contributed by atoms with Crippen LogP contribution in [0, 0.1) is 11.8 Å². The van der Waals surface area contributed by atoms with Gasteiger partial charge in [-0.1, -0.05) is 13.8 Å². The van der Waals surface area contributed by atoms with Gasteiger partial charge < -0.3 is 4.42 Å². The molecular weight excluding hydrogens is 366 g/mol. The van der Waals surface area contributed by atoms with E-state index in [1.165, 1.54) is 6.07 Å². The van der Waals surface area contributed by atoms with Gasteiger partial charge in [0, 0.05) is 19.2 Å². The van der Waals surface area contributed by atoms with Crippen molar-refractivity contribution in [2.75, 3.05) is 13.1 Å². The van der Waals surface area contributed by atoms with Gasteiger partial charge in [-0.2, -0.15) is 4.31 Å². The molecule has 7 heteroatoms. The summed E-state index contributed by atoms with van der Waals surface area (Å²) in [6.45, 7) is 5.51. The molecule has 0 unspecified atom stereocenters. The number of piperidine rings is 1. The fraction of sp³-hybridized carbons (Fsp3) is 0.692. The summed E-state index contributed by atoms with van der Waals surface area (Å²) >= 11 is 8.84. The first kappa shape index (κ1) is 16.3. The zero-order chi connectivity index (χ0) is 14.9. The van der Waals surface area contributed by atoms with Crippen LogP contribution in [-0.2, 0) is 15.9 Å². The first-order chi connectivity index (χ1) is 9.36. The van der Waals surface area contributed by atoms with Gasteiger partial charge in [0.15, 0.2) is 4.67 Å². The lowest BCUT2D eigenvalue weighted by Crippen LogP contribution is -2.39. The number of alkyl halides is 1. The van der Waals surface area contributed by atoms with E-state index in [1.54, 1.807) is 4.31 Å². The molecule has 0 bridgehead atoms. The molecule has 0 atom stereocenters. The Hall–Kier alpha value is -0.0400. The lowest BCUT2D eigenvalue weighted by atomic mass is 9.87. The van der Waals surface area contributed by atoms with Crippen molar-refractivity contribution in [3.05, 3.63) is 16.5 Å². The van der Waals surface area contributed by atoms with E-state index >= 15 is 0 Å². The Morgan fingerprint density at radius 2 is 2.05 bits per heavy atom. The third-order valence-corrected chi connectivity index (χ3v) is 6.92. The Labute approximate surface area is 133 Å². The van der Waals surface area contributed by atoms with Crippen molar-refractivity contribution >= 4 is 37.6 Å². The fourth-order valence-electron chi connectivity index (χ4n) is 2.56. The number of rotatable bonds is 4. The minimum Gasteiger partial charge on any atom is -0.452 e. The van der Waals surface area contributed by atoms with E-state index < -0.39 is 10.0 Å². The van der Waals surface area contributed by atoms with E-state index in [0.717, 1.165) is 12.8 Å². The SMILES string of the molecule is CC(C)C1CCN(S(=O)(=O)c2cc(CCl)oc2Br)CC1. The van der Waals surface area contributed by atoms with E-state index in [-0.39, 0.29) is 15.4 Å². The molecule has 0 amide bonds. The van der Waals surface area contributed by atoms with Crippen LogP contribution >= 0.6 is 27.5 Å². The Morgan fingerprint density at radius 3 is 2.50 bits per heavy atom. The summed E-state index contributed by atoms with van der Waals surface area (Å²) in [4.78, 5) is 0.177. The molecule has 2 rings (SSSR count). The Morgan fingerprint density at radius 1 is 1.45 bits per heavy atom. The van der Waals surface area contributed by atoms with Gasteiger partial charge in [0.2, 0.25) is 10.0 Å². The summed E-state index contributed by atoms with van der Waals surface area (Å²) in [6, 6.07) is 1.50. The van der Waals surface area contributed by atoms with Gasteiger partial charge in [-0.3, -0.25) is 0 Å². The summed E-state index contributed by atoms with van der Waals surface area (Å²) in [5.41, 5.74) is 0. The Kier molecular flexibility index (Phi) is 5.21. The highest BCUT2D eigenvalue weighted by Gasteiger charge is 2.33. The van der Waals surface area contributed by atoms with Gasteiger partial charge in [-0.15, -0.1) is 11.6 Å². The van der Waals surface area contributed by atoms with Crippen LogP contribution in [0.5, 0.6) is 0 Å². The molecule has 114 valence electrons. The number of furan rings is 1. The zero-order valence-corrected chi connectivity index (χ0v) is 14.8. The molecule has 0 saturated carbocycles. The maximum atomic E-state index is 12.6. The number of hydrogen-bond acceptors (Lipinski definition) is 3. The minimum atomic E-state index is -3.50. The fourth-order valence-corrected chi connectivity index (χ4v) is 5.12. The molecule has 2 heterocycles. The summed E-state index contributed by atoms with van der Waals surface area (Å²) in [6.07, 6.45) is 1.82. The normalized spacial score (nSPS) is 18.9. The zero-order valence-electron chi connectivity index (χ0n) is 11.6. The largest absolute Gasteiger partial charge is 0.452 e. The molecule has 0 N–H and O–H groups in total. The molecule has 1 aliphatic rings. The van der Waals surface area contributed by atoms with Crippen LogP contribution in [0.25, 0.3) is 0 Å².